The third kappa shape index (κ3) is 4.47. The topological polar surface area (TPSA) is 59.0 Å². The monoisotopic (exact) mass is 417 g/mol. The van der Waals surface area contributed by atoms with E-state index >= 15 is 0 Å². The summed E-state index contributed by atoms with van der Waals surface area (Å²) in [5, 5.41) is 10.7. The Kier molecular flexibility index (Phi) is 6.01. The summed E-state index contributed by atoms with van der Waals surface area (Å²) < 4.78 is 37.8. The first-order chi connectivity index (χ1) is 14.4. The van der Waals surface area contributed by atoms with Crippen molar-refractivity contribution < 1.29 is 28.2 Å². The predicted octanol–water partition coefficient (Wildman–Crippen LogP) is 3.40. The molecular formula is C23H25F2NO4. The van der Waals surface area contributed by atoms with Crippen LogP contribution >= 0.6 is 0 Å². The number of rotatable bonds is 5. The Hall–Kier alpha value is -2.51. The Labute approximate surface area is 174 Å². The van der Waals surface area contributed by atoms with Gasteiger partial charge in [0.2, 0.25) is 0 Å². The van der Waals surface area contributed by atoms with E-state index in [-0.39, 0.29) is 0 Å². The lowest BCUT2D eigenvalue weighted by Crippen LogP contribution is -2.42. The van der Waals surface area contributed by atoms with Crippen LogP contribution in [-0.4, -0.2) is 48.4 Å². The second-order valence-corrected chi connectivity index (χ2v) is 8.17. The molecule has 4 atom stereocenters. The molecule has 0 bridgehead atoms. The molecule has 2 aromatic carbocycles. The SMILES string of the molecule is COC(=O)c1ccccc1O[C@@H]1C[C@@H]2CN(Cc3cc(F)cc(F)c3)C[C@@H]2C[C@H]1O. The smallest absolute Gasteiger partial charge is 0.341 e. The quantitative estimate of drug-likeness (QED) is 0.756. The molecule has 2 fully saturated rings. The molecule has 1 heterocycles. The van der Waals surface area contributed by atoms with Crippen molar-refractivity contribution in [3.8, 4) is 5.75 Å². The largest absolute Gasteiger partial charge is 0.487 e. The standard InChI is InChI=1S/C23H25F2NO4/c1-29-23(28)19-4-2-3-5-21(19)30-22-9-16-13-26(12-15(16)8-20(22)27)11-14-6-17(24)10-18(25)7-14/h2-7,10,15-16,20,22,27H,8-9,11-13H2,1H3/t15-,16+,20+,22+/m0/s1. The average molecular weight is 417 g/mol. The summed E-state index contributed by atoms with van der Waals surface area (Å²) in [6.07, 6.45) is 0.158. The average Bonchev–Trinajstić information content (AvgIpc) is 3.08. The van der Waals surface area contributed by atoms with E-state index in [1.807, 2.05) is 0 Å². The Bertz CT molecular complexity index is 902. The van der Waals surface area contributed by atoms with E-state index in [9.17, 15) is 18.7 Å². The third-order valence-electron chi connectivity index (χ3n) is 6.06. The first-order valence-corrected chi connectivity index (χ1v) is 10.1. The number of para-hydroxylation sites is 1. The van der Waals surface area contributed by atoms with Crippen LogP contribution in [0.3, 0.4) is 0 Å². The molecule has 2 aliphatic rings. The molecular weight excluding hydrogens is 392 g/mol. The summed E-state index contributed by atoms with van der Waals surface area (Å²) in [5.41, 5.74) is 0.932. The van der Waals surface area contributed by atoms with Crippen molar-refractivity contribution in [2.75, 3.05) is 20.2 Å². The molecule has 4 rings (SSSR count). The summed E-state index contributed by atoms with van der Waals surface area (Å²) in [7, 11) is 1.32. The number of fused-ring (bicyclic) bond motifs is 1. The Morgan fingerprint density at radius 3 is 2.47 bits per heavy atom. The highest BCUT2D eigenvalue weighted by Crippen LogP contribution is 2.39. The van der Waals surface area contributed by atoms with E-state index in [0.717, 1.165) is 19.2 Å². The first-order valence-electron chi connectivity index (χ1n) is 10.1. The Balaban J connectivity index is 1.42. The van der Waals surface area contributed by atoms with Crippen LogP contribution < -0.4 is 4.74 Å². The summed E-state index contributed by atoms with van der Waals surface area (Å²) in [6.45, 7) is 2.01. The number of methoxy groups -OCH3 is 1. The number of carbonyl (C=O) groups is 1. The molecule has 30 heavy (non-hydrogen) atoms. The maximum atomic E-state index is 13.5. The third-order valence-corrected chi connectivity index (χ3v) is 6.06. The second-order valence-electron chi connectivity index (χ2n) is 8.17. The predicted molar refractivity (Wildman–Crippen MR) is 106 cm³/mol. The van der Waals surface area contributed by atoms with Crippen molar-refractivity contribution >= 4 is 5.97 Å². The van der Waals surface area contributed by atoms with Crippen LogP contribution in [0.4, 0.5) is 8.78 Å². The molecule has 0 unspecified atom stereocenters. The molecule has 2 aromatic rings. The van der Waals surface area contributed by atoms with E-state index in [4.69, 9.17) is 9.47 Å². The van der Waals surface area contributed by atoms with E-state index in [1.54, 1.807) is 24.3 Å². The van der Waals surface area contributed by atoms with Gasteiger partial charge in [0, 0.05) is 25.7 Å². The number of carbonyl (C=O) groups excluding carboxylic acids is 1. The normalized spacial score (nSPS) is 26.3. The number of ether oxygens (including phenoxy) is 2. The maximum Gasteiger partial charge on any atom is 0.341 e. The zero-order valence-corrected chi connectivity index (χ0v) is 16.8. The van der Waals surface area contributed by atoms with Crippen molar-refractivity contribution in [2.45, 2.75) is 31.6 Å². The number of likely N-dealkylation sites (tertiary alicyclic amines) is 1. The van der Waals surface area contributed by atoms with Gasteiger partial charge in [0.05, 0.1) is 13.2 Å². The summed E-state index contributed by atoms with van der Waals surface area (Å²) in [4.78, 5) is 14.1. The number of hydrogen-bond donors (Lipinski definition) is 1. The van der Waals surface area contributed by atoms with Gasteiger partial charge in [-0.2, -0.15) is 0 Å². The number of aliphatic hydroxyl groups is 1. The second kappa shape index (κ2) is 8.70. The van der Waals surface area contributed by atoms with E-state index in [0.29, 0.717) is 48.1 Å². The van der Waals surface area contributed by atoms with E-state index in [1.165, 1.54) is 19.2 Å². The first kappa shape index (κ1) is 20.8. The van der Waals surface area contributed by atoms with Crippen LogP contribution in [0.25, 0.3) is 0 Å². The molecule has 0 aromatic heterocycles. The van der Waals surface area contributed by atoms with Crippen molar-refractivity contribution in [1.82, 2.24) is 4.90 Å². The van der Waals surface area contributed by atoms with Crippen LogP contribution in [-0.2, 0) is 11.3 Å². The van der Waals surface area contributed by atoms with Gasteiger partial charge in [-0.3, -0.25) is 4.90 Å². The molecule has 0 amide bonds. The number of hydrogen-bond acceptors (Lipinski definition) is 5. The van der Waals surface area contributed by atoms with E-state index < -0.39 is 29.8 Å². The van der Waals surface area contributed by atoms with Gasteiger partial charge < -0.3 is 14.6 Å². The number of halogens is 2. The van der Waals surface area contributed by atoms with Crippen LogP contribution in [0, 0.1) is 23.5 Å². The molecule has 1 N–H and O–H groups in total. The van der Waals surface area contributed by atoms with Crippen molar-refractivity contribution in [3.05, 3.63) is 65.2 Å². The highest BCUT2D eigenvalue weighted by molar-refractivity contribution is 5.92. The van der Waals surface area contributed by atoms with Gasteiger partial charge in [-0.15, -0.1) is 0 Å². The highest BCUT2D eigenvalue weighted by Gasteiger charge is 2.42. The van der Waals surface area contributed by atoms with Crippen molar-refractivity contribution in [3.63, 3.8) is 0 Å². The fourth-order valence-electron chi connectivity index (χ4n) is 4.71. The van der Waals surface area contributed by atoms with Crippen LogP contribution in [0.2, 0.25) is 0 Å². The summed E-state index contributed by atoms with van der Waals surface area (Å²) in [5.74, 6) is -0.624. The van der Waals surface area contributed by atoms with E-state index in [2.05, 4.69) is 4.90 Å². The number of benzene rings is 2. The highest BCUT2D eigenvalue weighted by atomic mass is 19.1. The molecule has 7 heteroatoms. The molecule has 1 saturated heterocycles. The minimum atomic E-state index is -0.650. The number of nitrogens with zero attached hydrogens (tertiary/aromatic N) is 1. The molecule has 1 saturated carbocycles. The van der Waals surface area contributed by atoms with Crippen molar-refractivity contribution in [2.24, 2.45) is 11.8 Å². The number of aliphatic hydroxyl groups excluding tert-OH is 1. The van der Waals surface area contributed by atoms with Crippen LogP contribution in [0.15, 0.2) is 42.5 Å². The fourth-order valence-corrected chi connectivity index (χ4v) is 4.71. The van der Waals surface area contributed by atoms with Gasteiger partial charge in [-0.1, -0.05) is 12.1 Å². The van der Waals surface area contributed by atoms with Gasteiger partial charge >= 0.3 is 5.97 Å². The Morgan fingerprint density at radius 2 is 1.77 bits per heavy atom. The van der Waals surface area contributed by atoms with Gasteiger partial charge in [-0.05, 0) is 54.5 Å². The zero-order valence-electron chi connectivity index (χ0n) is 16.8. The molecule has 0 radical (unpaired) electrons. The van der Waals surface area contributed by atoms with Gasteiger partial charge in [-0.25, -0.2) is 13.6 Å². The van der Waals surface area contributed by atoms with Gasteiger partial charge in [0.25, 0.3) is 0 Å². The summed E-state index contributed by atoms with van der Waals surface area (Å²) in [6, 6.07) is 10.4. The van der Waals surface area contributed by atoms with Gasteiger partial charge in [0.1, 0.15) is 29.1 Å². The maximum absolute atomic E-state index is 13.5. The molecule has 1 aliphatic carbocycles. The van der Waals surface area contributed by atoms with Crippen molar-refractivity contribution in [1.29, 1.82) is 0 Å². The van der Waals surface area contributed by atoms with Gasteiger partial charge in [0.15, 0.2) is 0 Å². The molecule has 0 spiro atoms. The Morgan fingerprint density at radius 1 is 1.10 bits per heavy atom. The minimum absolute atomic E-state index is 0.300. The van der Waals surface area contributed by atoms with Crippen LogP contribution in [0.5, 0.6) is 5.75 Å². The number of esters is 1. The zero-order chi connectivity index (χ0) is 21.3. The summed E-state index contributed by atoms with van der Waals surface area (Å²) >= 11 is 0. The lowest BCUT2D eigenvalue weighted by Gasteiger charge is -2.35. The molecule has 5 nitrogen and oxygen atoms in total. The van der Waals surface area contributed by atoms with Crippen LogP contribution in [0.1, 0.15) is 28.8 Å². The molecule has 1 aliphatic heterocycles. The minimum Gasteiger partial charge on any atom is -0.487 e. The fraction of sp³-hybridized carbons (Fsp3) is 0.435. The lowest BCUT2D eigenvalue weighted by molar-refractivity contribution is -0.0237. The molecule has 160 valence electrons. The lowest BCUT2D eigenvalue weighted by atomic mass is 9.78.